The van der Waals surface area contributed by atoms with E-state index in [1.54, 1.807) is 0 Å². The summed E-state index contributed by atoms with van der Waals surface area (Å²) < 4.78 is 0. The molecular formula is C8H9AgNOS. The number of para-hydroxylation sites is 1. The van der Waals surface area contributed by atoms with Crippen molar-refractivity contribution in [1.29, 1.82) is 0 Å². The molecule has 1 amide bonds. The van der Waals surface area contributed by atoms with E-state index in [9.17, 15) is 4.79 Å². The number of anilines is 1. The molecule has 0 spiro atoms. The normalized spacial score (nSPS) is 8.42. The number of rotatable bonds is 2. The van der Waals surface area contributed by atoms with E-state index in [2.05, 4.69) is 17.9 Å². The number of carbonyl (C=O) groups excluding carboxylic acids is 1. The van der Waals surface area contributed by atoms with Crippen LogP contribution in [0.3, 0.4) is 0 Å². The molecule has 0 aliphatic carbocycles. The fraction of sp³-hybridized carbons (Fsp3) is 0.125. The summed E-state index contributed by atoms with van der Waals surface area (Å²) in [6, 6.07) is 9.31. The first-order valence-electron chi connectivity index (χ1n) is 3.28. The topological polar surface area (TPSA) is 29.1 Å². The molecule has 0 heterocycles. The van der Waals surface area contributed by atoms with Gasteiger partial charge in [0.05, 0.1) is 5.75 Å². The van der Waals surface area contributed by atoms with Crippen molar-refractivity contribution >= 4 is 24.2 Å². The molecule has 0 unspecified atom stereocenters. The van der Waals surface area contributed by atoms with Gasteiger partial charge in [-0.05, 0) is 12.1 Å². The molecule has 1 rings (SSSR count). The molecule has 69 valence electrons. The molecule has 0 aliphatic heterocycles. The van der Waals surface area contributed by atoms with Gasteiger partial charge < -0.3 is 5.32 Å². The Morgan fingerprint density at radius 1 is 1.33 bits per heavy atom. The van der Waals surface area contributed by atoms with Crippen LogP contribution in [0.4, 0.5) is 5.69 Å². The van der Waals surface area contributed by atoms with E-state index in [0.29, 0.717) is 0 Å². The van der Waals surface area contributed by atoms with Crippen LogP contribution in [0.2, 0.25) is 0 Å². The smallest absolute Gasteiger partial charge is 0.234 e. The molecule has 1 N–H and O–H groups in total. The average molecular weight is 275 g/mol. The van der Waals surface area contributed by atoms with Crippen LogP contribution in [-0.2, 0) is 27.2 Å². The molecular weight excluding hydrogens is 266 g/mol. The molecule has 0 atom stereocenters. The van der Waals surface area contributed by atoms with E-state index in [1.165, 1.54) is 0 Å². The second kappa shape index (κ2) is 6.31. The van der Waals surface area contributed by atoms with Gasteiger partial charge in [-0.3, -0.25) is 4.79 Å². The average Bonchev–Trinajstić information content (AvgIpc) is 2.06. The molecule has 4 heteroatoms. The summed E-state index contributed by atoms with van der Waals surface area (Å²) in [4.78, 5) is 10.8. The third kappa shape index (κ3) is 3.97. The second-order valence-electron chi connectivity index (χ2n) is 2.07. The number of benzene rings is 1. The molecule has 0 aromatic heterocycles. The Bertz CT molecular complexity index is 240. The Labute approximate surface area is 92.7 Å². The van der Waals surface area contributed by atoms with Gasteiger partial charge in [0.1, 0.15) is 0 Å². The maximum Gasteiger partial charge on any atom is 0.234 e. The van der Waals surface area contributed by atoms with Gasteiger partial charge in [0, 0.05) is 28.1 Å². The Balaban J connectivity index is 0.00000121. The van der Waals surface area contributed by atoms with Crippen LogP contribution in [-0.4, -0.2) is 11.7 Å². The van der Waals surface area contributed by atoms with Gasteiger partial charge in [-0.2, -0.15) is 12.6 Å². The zero-order valence-corrected chi connectivity index (χ0v) is 8.63. The van der Waals surface area contributed by atoms with Crippen molar-refractivity contribution in [2.24, 2.45) is 0 Å². The molecule has 0 bridgehead atoms. The van der Waals surface area contributed by atoms with Crippen molar-refractivity contribution in [2.75, 3.05) is 11.1 Å². The van der Waals surface area contributed by atoms with Gasteiger partial charge in [-0.25, -0.2) is 0 Å². The van der Waals surface area contributed by atoms with E-state index in [4.69, 9.17) is 0 Å². The fourth-order valence-corrected chi connectivity index (χ4v) is 0.801. The van der Waals surface area contributed by atoms with Crippen molar-refractivity contribution < 1.29 is 27.2 Å². The van der Waals surface area contributed by atoms with Crippen LogP contribution in [0.5, 0.6) is 0 Å². The van der Waals surface area contributed by atoms with Crippen molar-refractivity contribution in [3.63, 3.8) is 0 Å². The minimum atomic E-state index is -0.0838. The second-order valence-corrected chi connectivity index (χ2v) is 2.39. The zero-order chi connectivity index (χ0) is 8.10. The molecule has 2 nitrogen and oxygen atoms in total. The summed E-state index contributed by atoms with van der Waals surface area (Å²) in [7, 11) is 0. The molecule has 0 fully saturated rings. The molecule has 0 aliphatic rings. The van der Waals surface area contributed by atoms with E-state index in [1.807, 2.05) is 30.3 Å². The first-order chi connectivity index (χ1) is 5.33. The van der Waals surface area contributed by atoms with Crippen molar-refractivity contribution in [2.45, 2.75) is 0 Å². The van der Waals surface area contributed by atoms with Gasteiger partial charge in [-0.1, -0.05) is 18.2 Å². The minimum Gasteiger partial charge on any atom is -0.325 e. The van der Waals surface area contributed by atoms with Gasteiger partial charge >= 0.3 is 0 Å². The standard InChI is InChI=1S/C8H9NOS.Ag/c10-8(6-11)9-7-4-2-1-3-5-7;/h1-5,11H,6H2,(H,9,10);. The third-order valence-electron chi connectivity index (χ3n) is 1.20. The summed E-state index contributed by atoms with van der Waals surface area (Å²) in [5.41, 5.74) is 0.812. The molecule has 0 saturated carbocycles. The van der Waals surface area contributed by atoms with Crippen molar-refractivity contribution in [3.05, 3.63) is 30.3 Å². The Hall–Kier alpha value is -0.220. The van der Waals surface area contributed by atoms with E-state index in [-0.39, 0.29) is 34.0 Å². The largest absolute Gasteiger partial charge is 0.325 e. The molecule has 1 aromatic rings. The van der Waals surface area contributed by atoms with E-state index < -0.39 is 0 Å². The predicted octanol–water partition coefficient (Wildman–Crippen LogP) is 1.55. The van der Waals surface area contributed by atoms with Gasteiger partial charge in [0.2, 0.25) is 5.91 Å². The molecule has 1 radical (unpaired) electrons. The summed E-state index contributed by atoms with van der Waals surface area (Å²) in [6.07, 6.45) is 0. The van der Waals surface area contributed by atoms with Crippen LogP contribution in [0, 0.1) is 0 Å². The minimum absolute atomic E-state index is 0. The van der Waals surface area contributed by atoms with Gasteiger partial charge in [-0.15, -0.1) is 0 Å². The summed E-state index contributed by atoms with van der Waals surface area (Å²) in [5, 5.41) is 2.68. The maximum atomic E-state index is 10.8. The number of hydrogen-bond donors (Lipinski definition) is 2. The molecule has 12 heavy (non-hydrogen) atoms. The Kier molecular flexibility index (Phi) is 6.20. The van der Waals surface area contributed by atoms with Crippen molar-refractivity contribution in [1.82, 2.24) is 0 Å². The molecule has 0 saturated heterocycles. The van der Waals surface area contributed by atoms with Crippen LogP contribution in [0.15, 0.2) is 30.3 Å². The zero-order valence-electron chi connectivity index (χ0n) is 6.25. The number of amides is 1. The van der Waals surface area contributed by atoms with Crippen LogP contribution in [0.1, 0.15) is 0 Å². The molecule has 1 aromatic carbocycles. The Morgan fingerprint density at radius 3 is 2.42 bits per heavy atom. The maximum absolute atomic E-state index is 10.8. The first-order valence-corrected chi connectivity index (χ1v) is 3.92. The fourth-order valence-electron chi connectivity index (χ4n) is 0.722. The van der Waals surface area contributed by atoms with E-state index in [0.717, 1.165) is 5.69 Å². The van der Waals surface area contributed by atoms with Crippen LogP contribution in [0.25, 0.3) is 0 Å². The SMILES string of the molecule is O=C(CS)Nc1ccccc1.[Ag]. The van der Waals surface area contributed by atoms with Gasteiger partial charge in [0.15, 0.2) is 0 Å². The quantitative estimate of drug-likeness (QED) is 0.622. The third-order valence-corrected chi connectivity index (χ3v) is 1.49. The summed E-state index contributed by atoms with van der Waals surface area (Å²) >= 11 is 3.83. The number of thiol groups is 1. The van der Waals surface area contributed by atoms with E-state index >= 15 is 0 Å². The monoisotopic (exact) mass is 274 g/mol. The summed E-state index contributed by atoms with van der Waals surface area (Å²) in [6.45, 7) is 0. The predicted molar refractivity (Wildman–Crippen MR) is 48.9 cm³/mol. The van der Waals surface area contributed by atoms with Crippen LogP contribution >= 0.6 is 12.6 Å². The Morgan fingerprint density at radius 2 is 1.92 bits per heavy atom. The number of hydrogen-bond acceptors (Lipinski definition) is 2. The van der Waals surface area contributed by atoms with Crippen LogP contribution < -0.4 is 5.32 Å². The van der Waals surface area contributed by atoms with Crippen molar-refractivity contribution in [3.8, 4) is 0 Å². The number of carbonyl (C=O) groups is 1. The summed E-state index contributed by atoms with van der Waals surface area (Å²) in [5.74, 6) is 0.133. The number of nitrogens with one attached hydrogen (secondary N) is 1. The van der Waals surface area contributed by atoms with Gasteiger partial charge in [0.25, 0.3) is 0 Å². The first kappa shape index (κ1) is 11.8.